The van der Waals surface area contributed by atoms with Crippen LogP contribution in [-0.2, 0) is 0 Å². The quantitative estimate of drug-likeness (QED) is 0.500. The summed E-state index contributed by atoms with van der Waals surface area (Å²) >= 11 is 0. The van der Waals surface area contributed by atoms with Crippen molar-refractivity contribution < 1.29 is 0 Å². The lowest BCUT2D eigenvalue weighted by Gasteiger charge is -2.23. The SMILES string of the molecule is CCCCCCCCCNC(C)CN(CC)CC. The number of likely N-dealkylation sites (N-methyl/N-ethyl adjacent to an activating group) is 1. The molecule has 0 aromatic heterocycles. The van der Waals surface area contributed by atoms with Gasteiger partial charge in [0.15, 0.2) is 0 Å². The largest absolute Gasteiger partial charge is 0.313 e. The summed E-state index contributed by atoms with van der Waals surface area (Å²) in [6.07, 6.45) is 9.80. The summed E-state index contributed by atoms with van der Waals surface area (Å²) in [5.74, 6) is 0. The zero-order valence-electron chi connectivity index (χ0n) is 13.3. The predicted molar refractivity (Wildman–Crippen MR) is 83.2 cm³/mol. The molecule has 0 rings (SSSR count). The van der Waals surface area contributed by atoms with E-state index in [9.17, 15) is 0 Å². The van der Waals surface area contributed by atoms with Gasteiger partial charge in [-0.15, -0.1) is 0 Å². The van der Waals surface area contributed by atoms with Crippen LogP contribution >= 0.6 is 0 Å². The van der Waals surface area contributed by atoms with Gasteiger partial charge < -0.3 is 10.2 Å². The molecule has 0 radical (unpaired) electrons. The fraction of sp³-hybridized carbons (Fsp3) is 1.00. The summed E-state index contributed by atoms with van der Waals surface area (Å²) in [4.78, 5) is 2.49. The maximum absolute atomic E-state index is 3.64. The van der Waals surface area contributed by atoms with Crippen LogP contribution < -0.4 is 5.32 Å². The topological polar surface area (TPSA) is 15.3 Å². The highest BCUT2D eigenvalue weighted by molar-refractivity contribution is 4.66. The molecule has 0 fully saturated rings. The predicted octanol–water partition coefficient (Wildman–Crippen LogP) is 4.06. The van der Waals surface area contributed by atoms with Gasteiger partial charge in [-0.3, -0.25) is 0 Å². The van der Waals surface area contributed by atoms with Gasteiger partial charge in [-0.05, 0) is 33.0 Å². The monoisotopic (exact) mass is 256 g/mol. The molecule has 0 aromatic carbocycles. The first kappa shape index (κ1) is 17.9. The van der Waals surface area contributed by atoms with E-state index in [4.69, 9.17) is 0 Å². The van der Waals surface area contributed by atoms with Crippen LogP contribution in [0.15, 0.2) is 0 Å². The van der Waals surface area contributed by atoms with Crippen LogP contribution in [0.1, 0.15) is 72.6 Å². The second-order valence-corrected chi connectivity index (χ2v) is 5.46. The molecule has 0 aliphatic carbocycles. The minimum atomic E-state index is 0.630. The smallest absolute Gasteiger partial charge is 0.0166 e. The molecular weight excluding hydrogens is 220 g/mol. The second-order valence-electron chi connectivity index (χ2n) is 5.46. The minimum Gasteiger partial charge on any atom is -0.313 e. The van der Waals surface area contributed by atoms with E-state index < -0.39 is 0 Å². The molecule has 0 aliphatic rings. The normalized spacial score (nSPS) is 13.2. The minimum absolute atomic E-state index is 0.630. The molecule has 2 heteroatoms. The molecule has 0 amide bonds. The summed E-state index contributed by atoms with van der Waals surface area (Å²) in [7, 11) is 0. The fourth-order valence-corrected chi connectivity index (χ4v) is 2.36. The third-order valence-corrected chi connectivity index (χ3v) is 3.70. The molecule has 1 unspecified atom stereocenters. The molecule has 2 nitrogen and oxygen atoms in total. The Morgan fingerprint density at radius 1 is 0.833 bits per heavy atom. The van der Waals surface area contributed by atoms with Crippen molar-refractivity contribution in [1.82, 2.24) is 10.2 Å². The molecule has 1 atom stereocenters. The Balaban J connectivity index is 3.27. The van der Waals surface area contributed by atoms with E-state index in [-0.39, 0.29) is 0 Å². The number of nitrogens with zero attached hydrogens (tertiary/aromatic N) is 1. The Labute approximate surface area is 116 Å². The van der Waals surface area contributed by atoms with Gasteiger partial charge in [0.05, 0.1) is 0 Å². The van der Waals surface area contributed by atoms with E-state index in [0.717, 1.165) is 0 Å². The van der Waals surface area contributed by atoms with E-state index >= 15 is 0 Å². The third-order valence-electron chi connectivity index (χ3n) is 3.70. The molecule has 0 saturated carbocycles. The molecule has 0 bridgehead atoms. The van der Waals surface area contributed by atoms with Crippen molar-refractivity contribution in [2.75, 3.05) is 26.2 Å². The molecule has 0 aromatic rings. The van der Waals surface area contributed by atoms with E-state index in [0.29, 0.717) is 6.04 Å². The molecule has 0 heterocycles. The van der Waals surface area contributed by atoms with Crippen molar-refractivity contribution in [3.8, 4) is 0 Å². The summed E-state index contributed by atoms with van der Waals surface area (Å²) in [5, 5.41) is 3.64. The average molecular weight is 256 g/mol. The zero-order chi connectivity index (χ0) is 13.6. The Bertz CT molecular complexity index is 155. The zero-order valence-corrected chi connectivity index (χ0v) is 13.3. The Morgan fingerprint density at radius 3 is 1.94 bits per heavy atom. The average Bonchev–Trinajstić information content (AvgIpc) is 2.39. The maximum Gasteiger partial charge on any atom is 0.0166 e. The molecule has 110 valence electrons. The Kier molecular flexibility index (Phi) is 13.3. The van der Waals surface area contributed by atoms with Crippen LogP contribution in [0, 0.1) is 0 Å². The van der Waals surface area contributed by atoms with Gasteiger partial charge in [0.25, 0.3) is 0 Å². The van der Waals surface area contributed by atoms with Gasteiger partial charge in [0.2, 0.25) is 0 Å². The number of rotatable bonds is 13. The van der Waals surface area contributed by atoms with Gasteiger partial charge in [-0.1, -0.05) is 59.3 Å². The van der Waals surface area contributed by atoms with Crippen molar-refractivity contribution in [3.63, 3.8) is 0 Å². The van der Waals surface area contributed by atoms with Gasteiger partial charge in [-0.2, -0.15) is 0 Å². The van der Waals surface area contributed by atoms with Crippen molar-refractivity contribution >= 4 is 0 Å². The van der Waals surface area contributed by atoms with Gasteiger partial charge in [-0.25, -0.2) is 0 Å². The molecule has 0 aliphatic heterocycles. The van der Waals surface area contributed by atoms with E-state index in [1.807, 2.05) is 0 Å². The second kappa shape index (κ2) is 13.4. The summed E-state index contributed by atoms with van der Waals surface area (Å²) in [5.41, 5.74) is 0. The first-order valence-electron chi connectivity index (χ1n) is 8.20. The lowest BCUT2D eigenvalue weighted by atomic mass is 10.1. The van der Waals surface area contributed by atoms with Gasteiger partial charge in [0.1, 0.15) is 0 Å². The van der Waals surface area contributed by atoms with Gasteiger partial charge >= 0.3 is 0 Å². The fourth-order valence-electron chi connectivity index (χ4n) is 2.36. The van der Waals surface area contributed by atoms with E-state index in [1.54, 1.807) is 0 Å². The lowest BCUT2D eigenvalue weighted by molar-refractivity contribution is 0.271. The highest BCUT2D eigenvalue weighted by Gasteiger charge is 2.05. The number of unbranched alkanes of at least 4 members (excludes halogenated alkanes) is 6. The first-order valence-corrected chi connectivity index (χ1v) is 8.20. The molecule has 18 heavy (non-hydrogen) atoms. The Hall–Kier alpha value is -0.0800. The van der Waals surface area contributed by atoms with Crippen molar-refractivity contribution in [1.29, 1.82) is 0 Å². The van der Waals surface area contributed by atoms with Crippen LogP contribution in [0.25, 0.3) is 0 Å². The van der Waals surface area contributed by atoms with E-state index in [1.165, 1.54) is 71.1 Å². The molecule has 0 spiro atoms. The van der Waals surface area contributed by atoms with Crippen molar-refractivity contribution in [2.24, 2.45) is 0 Å². The summed E-state index contributed by atoms with van der Waals surface area (Å²) < 4.78 is 0. The maximum atomic E-state index is 3.64. The number of hydrogen-bond acceptors (Lipinski definition) is 2. The first-order chi connectivity index (χ1) is 8.74. The van der Waals surface area contributed by atoms with Crippen molar-refractivity contribution in [2.45, 2.75) is 78.7 Å². The third kappa shape index (κ3) is 11.0. The molecule has 0 saturated heterocycles. The van der Waals surface area contributed by atoms with Crippen LogP contribution in [0.2, 0.25) is 0 Å². The van der Waals surface area contributed by atoms with Crippen LogP contribution in [0.5, 0.6) is 0 Å². The standard InChI is InChI=1S/C16H36N2/c1-5-8-9-10-11-12-13-14-17-16(4)15-18(6-2)7-3/h16-17H,5-15H2,1-4H3. The molecular formula is C16H36N2. The van der Waals surface area contributed by atoms with Gasteiger partial charge in [0, 0.05) is 12.6 Å². The van der Waals surface area contributed by atoms with Crippen LogP contribution in [0.4, 0.5) is 0 Å². The highest BCUT2D eigenvalue weighted by atomic mass is 15.1. The highest BCUT2D eigenvalue weighted by Crippen LogP contribution is 2.06. The van der Waals surface area contributed by atoms with Crippen molar-refractivity contribution in [3.05, 3.63) is 0 Å². The number of hydrogen-bond donors (Lipinski definition) is 1. The lowest BCUT2D eigenvalue weighted by Crippen LogP contribution is -2.39. The summed E-state index contributed by atoms with van der Waals surface area (Å²) in [6.45, 7) is 13.8. The van der Waals surface area contributed by atoms with Crippen LogP contribution in [-0.4, -0.2) is 37.1 Å². The Morgan fingerprint density at radius 2 is 1.39 bits per heavy atom. The molecule has 1 N–H and O–H groups in total. The number of nitrogens with one attached hydrogen (secondary N) is 1. The summed E-state index contributed by atoms with van der Waals surface area (Å²) in [6, 6.07) is 0.630. The van der Waals surface area contributed by atoms with E-state index in [2.05, 4.69) is 37.9 Å². The van der Waals surface area contributed by atoms with Crippen LogP contribution in [0.3, 0.4) is 0 Å².